The van der Waals surface area contributed by atoms with E-state index in [4.69, 9.17) is 9.72 Å². The molecule has 3 aromatic rings. The van der Waals surface area contributed by atoms with Crippen molar-refractivity contribution in [1.82, 2.24) is 14.5 Å². The molecule has 2 heterocycles. The van der Waals surface area contributed by atoms with E-state index in [0.717, 1.165) is 68.7 Å². The van der Waals surface area contributed by atoms with Crippen molar-refractivity contribution in [3.8, 4) is 5.75 Å². The van der Waals surface area contributed by atoms with Crippen LogP contribution in [0, 0.1) is 5.92 Å². The highest BCUT2D eigenvalue weighted by Gasteiger charge is 2.29. The molecule has 6 heteroatoms. The van der Waals surface area contributed by atoms with Gasteiger partial charge >= 0.3 is 0 Å². The number of benzene rings is 2. The van der Waals surface area contributed by atoms with E-state index in [1.165, 1.54) is 5.56 Å². The number of amides is 1. The predicted molar refractivity (Wildman–Crippen MR) is 138 cm³/mol. The van der Waals surface area contributed by atoms with Crippen LogP contribution in [0.15, 0.2) is 53.3 Å². The van der Waals surface area contributed by atoms with E-state index < -0.39 is 0 Å². The van der Waals surface area contributed by atoms with Gasteiger partial charge in [-0.1, -0.05) is 24.3 Å². The topological polar surface area (TPSA) is 64.4 Å². The molecule has 0 atom stereocenters. The molecule has 1 aliphatic carbocycles. The van der Waals surface area contributed by atoms with Gasteiger partial charge in [0, 0.05) is 32.0 Å². The molecular formula is C29H35N3O3. The molecule has 0 bridgehead atoms. The maximum Gasteiger partial charge on any atom is 0.261 e. The van der Waals surface area contributed by atoms with Gasteiger partial charge < -0.3 is 9.64 Å². The molecule has 1 aromatic heterocycles. The average Bonchev–Trinajstić information content (AvgIpc) is 3.73. The van der Waals surface area contributed by atoms with Gasteiger partial charge in [0.1, 0.15) is 11.6 Å². The first-order valence-electron chi connectivity index (χ1n) is 13.1. The second-order valence-electron chi connectivity index (χ2n) is 9.89. The molecule has 2 aliphatic rings. The van der Waals surface area contributed by atoms with E-state index in [-0.39, 0.29) is 17.5 Å². The summed E-state index contributed by atoms with van der Waals surface area (Å²) in [6.07, 6.45) is 7.31. The van der Waals surface area contributed by atoms with Gasteiger partial charge in [-0.3, -0.25) is 14.2 Å². The fraction of sp³-hybridized carbons (Fsp3) is 0.483. The molecule has 0 spiro atoms. The van der Waals surface area contributed by atoms with E-state index >= 15 is 0 Å². The van der Waals surface area contributed by atoms with E-state index in [0.29, 0.717) is 30.8 Å². The molecule has 2 aromatic carbocycles. The fourth-order valence-electron chi connectivity index (χ4n) is 5.22. The second-order valence-corrected chi connectivity index (χ2v) is 9.89. The van der Waals surface area contributed by atoms with E-state index in [1.54, 1.807) is 0 Å². The van der Waals surface area contributed by atoms with Crippen LogP contribution in [0.25, 0.3) is 10.9 Å². The van der Waals surface area contributed by atoms with Crippen molar-refractivity contribution in [2.75, 3.05) is 19.7 Å². The largest absolute Gasteiger partial charge is 0.494 e. The minimum atomic E-state index is 0.0360. The number of likely N-dealkylation sites (tertiary alicyclic amines) is 1. The van der Waals surface area contributed by atoms with E-state index in [1.807, 2.05) is 52.8 Å². The van der Waals surface area contributed by atoms with Crippen molar-refractivity contribution in [3.63, 3.8) is 0 Å². The van der Waals surface area contributed by atoms with Gasteiger partial charge in [0.2, 0.25) is 5.91 Å². The number of hydrogen-bond acceptors (Lipinski definition) is 4. The molecule has 1 amide bonds. The van der Waals surface area contributed by atoms with Crippen LogP contribution in [0.1, 0.15) is 62.9 Å². The van der Waals surface area contributed by atoms with Crippen LogP contribution in [-0.4, -0.2) is 40.1 Å². The second kappa shape index (κ2) is 10.6. The smallest absolute Gasteiger partial charge is 0.261 e. The normalized spacial score (nSPS) is 16.5. The molecule has 5 rings (SSSR count). The monoisotopic (exact) mass is 473 g/mol. The number of ether oxygens (including phenoxy) is 1. The van der Waals surface area contributed by atoms with Crippen molar-refractivity contribution in [3.05, 3.63) is 70.3 Å². The molecule has 0 unspecified atom stereocenters. The van der Waals surface area contributed by atoms with Crippen molar-refractivity contribution in [1.29, 1.82) is 0 Å². The zero-order valence-corrected chi connectivity index (χ0v) is 20.6. The molecule has 35 heavy (non-hydrogen) atoms. The third-order valence-corrected chi connectivity index (χ3v) is 7.40. The third-order valence-electron chi connectivity index (χ3n) is 7.40. The zero-order valence-electron chi connectivity index (χ0n) is 20.6. The number of carbonyl (C=O) groups is 1. The Morgan fingerprint density at radius 2 is 1.74 bits per heavy atom. The van der Waals surface area contributed by atoms with Crippen LogP contribution in [0.4, 0.5) is 0 Å². The molecule has 1 saturated heterocycles. The predicted octanol–water partition coefficient (Wildman–Crippen LogP) is 4.93. The lowest BCUT2D eigenvalue weighted by molar-refractivity contribution is -0.132. The Kier molecular flexibility index (Phi) is 7.16. The van der Waals surface area contributed by atoms with Crippen LogP contribution >= 0.6 is 0 Å². The summed E-state index contributed by atoms with van der Waals surface area (Å²) < 4.78 is 7.38. The SMILES string of the molecule is CCOc1ccc(CCC2CCN(C(=O)CCc3nc4ccccc4c(=O)n3C3CC3)CC2)cc1. The highest BCUT2D eigenvalue weighted by atomic mass is 16.5. The van der Waals surface area contributed by atoms with Crippen molar-refractivity contribution in [2.45, 2.75) is 64.3 Å². The summed E-state index contributed by atoms with van der Waals surface area (Å²) in [5.41, 5.74) is 2.11. The molecular weight excluding hydrogens is 438 g/mol. The van der Waals surface area contributed by atoms with Crippen molar-refractivity contribution >= 4 is 16.8 Å². The number of piperidine rings is 1. The summed E-state index contributed by atoms with van der Waals surface area (Å²) in [5.74, 6) is 2.53. The Balaban J connectivity index is 1.13. The highest BCUT2D eigenvalue weighted by Crippen LogP contribution is 2.35. The van der Waals surface area contributed by atoms with E-state index in [2.05, 4.69) is 12.1 Å². The molecule has 2 fully saturated rings. The van der Waals surface area contributed by atoms with Gasteiger partial charge in [0.15, 0.2) is 0 Å². The molecule has 6 nitrogen and oxygen atoms in total. The summed E-state index contributed by atoms with van der Waals surface area (Å²) in [7, 11) is 0. The lowest BCUT2D eigenvalue weighted by atomic mass is 9.90. The van der Waals surface area contributed by atoms with E-state index in [9.17, 15) is 9.59 Å². The summed E-state index contributed by atoms with van der Waals surface area (Å²) in [6, 6.07) is 16.2. The first kappa shape index (κ1) is 23.6. The van der Waals surface area contributed by atoms with Crippen LogP contribution < -0.4 is 10.3 Å². The lowest BCUT2D eigenvalue weighted by Crippen LogP contribution is -2.39. The Morgan fingerprint density at radius 3 is 2.46 bits per heavy atom. The molecule has 184 valence electrons. The number of hydrogen-bond donors (Lipinski definition) is 0. The van der Waals surface area contributed by atoms with Gasteiger partial charge in [0.05, 0.1) is 17.5 Å². The molecule has 0 N–H and O–H groups in total. The van der Waals surface area contributed by atoms with Crippen molar-refractivity contribution in [2.24, 2.45) is 5.92 Å². The summed E-state index contributed by atoms with van der Waals surface area (Å²) in [6.45, 7) is 4.34. The number of rotatable bonds is 9. The minimum Gasteiger partial charge on any atom is -0.494 e. The Morgan fingerprint density at radius 1 is 1.00 bits per heavy atom. The van der Waals surface area contributed by atoms with Crippen molar-refractivity contribution < 1.29 is 9.53 Å². The first-order valence-corrected chi connectivity index (χ1v) is 13.1. The van der Waals surface area contributed by atoms with Crippen LogP contribution in [-0.2, 0) is 17.6 Å². The van der Waals surface area contributed by atoms with Gasteiger partial charge in [-0.15, -0.1) is 0 Å². The third kappa shape index (κ3) is 5.58. The standard InChI is InChI=1S/C29H35N3O3/c1-2-35-24-13-9-21(10-14-24)7-8-22-17-19-31(20-18-22)28(33)16-15-27-30-26-6-4-3-5-25(26)29(34)32(27)23-11-12-23/h3-6,9-10,13-14,22-23H,2,7-8,11-12,15-20H2,1H3. The summed E-state index contributed by atoms with van der Waals surface area (Å²) in [5, 5.41) is 0.668. The van der Waals surface area contributed by atoms with Gasteiger partial charge in [-0.05, 0) is 81.2 Å². The molecule has 1 saturated carbocycles. The highest BCUT2D eigenvalue weighted by molar-refractivity contribution is 5.78. The minimum absolute atomic E-state index is 0.0360. The van der Waals surface area contributed by atoms with Gasteiger partial charge in [0.25, 0.3) is 5.56 Å². The first-order chi connectivity index (χ1) is 17.1. The summed E-state index contributed by atoms with van der Waals surface area (Å²) in [4.78, 5) is 32.8. The number of para-hydroxylation sites is 1. The zero-order chi connectivity index (χ0) is 24.2. The number of aryl methyl sites for hydroxylation is 2. The van der Waals surface area contributed by atoms with Crippen LogP contribution in [0.3, 0.4) is 0 Å². The van der Waals surface area contributed by atoms with Gasteiger partial charge in [-0.2, -0.15) is 0 Å². The Bertz CT molecular complexity index is 1220. The average molecular weight is 474 g/mol. The quantitative estimate of drug-likeness (QED) is 0.442. The fourth-order valence-corrected chi connectivity index (χ4v) is 5.22. The van der Waals surface area contributed by atoms with Crippen LogP contribution in [0.2, 0.25) is 0 Å². The number of nitrogens with zero attached hydrogens (tertiary/aromatic N) is 3. The number of aromatic nitrogens is 2. The Hall–Kier alpha value is -3.15. The maximum atomic E-state index is 13.0. The summed E-state index contributed by atoms with van der Waals surface area (Å²) >= 11 is 0. The maximum absolute atomic E-state index is 13.0. The Labute approximate surface area is 206 Å². The number of fused-ring (bicyclic) bond motifs is 1. The van der Waals surface area contributed by atoms with Crippen LogP contribution in [0.5, 0.6) is 5.75 Å². The number of carbonyl (C=O) groups excluding carboxylic acids is 1. The molecule has 1 aliphatic heterocycles. The molecule has 0 radical (unpaired) electrons. The lowest BCUT2D eigenvalue weighted by Gasteiger charge is -2.32. The van der Waals surface area contributed by atoms with Gasteiger partial charge in [-0.25, -0.2) is 4.98 Å².